The van der Waals surface area contributed by atoms with Crippen LogP contribution in [0.5, 0.6) is 0 Å². The number of nitrogens with one attached hydrogen (secondary N) is 1. The van der Waals surface area contributed by atoms with Crippen LogP contribution in [-0.4, -0.2) is 6.21 Å². The minimum absolute atomic E-state index is 0.914. The van der Waals surface area contributed by atoms with Gasteiger partial charge in [-0.25, -0.2) is 0 Å². The molecule has 0 aromatic carbocycles. The summed E-state index contributed by atoms with van der Waals surface area (Å²) in [5.74, 6) is 2.59. The molecule has 0 aromatic heterocycles. The van der Waals surface area contributed by atoms with E-state index in [9.17, 15) is 0 Å². The van der Waals surface area contributed by atoms with Gasteiger partial charge < -0.3 is 5.41 Å². The van der Waals surface area contributed by atoms with Gasteiger partial charge in [0.25, 0.3) is 0 Å². The molecule has 1 heteroatoms. The van der Waals surface area contributed by atoms with Crippen LogP contribution < -0.4 is 0 Å². The molecule has 0 spiro atoms. The lowest BCUT2D eigenvalue weighted by Gasteiger charge is -2.05. The van der Waals surface area contributed by atoms with Crippen LogP contribution in [-0.2, 0) is 0 Å². The van der Waals surface area contributed by atoms with Crippen molar-refractivity contribution in [2.75, 3.05) is 0 Å². The summed E-state index contributed by atoms with van der Waals surface area (Å²) in [6, 6.07) is 0. The summed E-state index contributed by atoms with van der Waals surface area (Å²) in [5, 5.41) is 6.95. The summed E-state index contributed by atoms with van der Waals surface area (Å²) in [4.78, 5) is 0. The summed E-state index contributed by atoms with van der Waals surface area (Å²) in [6.07, 6.45) is 12.2. The number of hydrogen-bond acceptors (Lipinski definition) is 1. The zero-order chi connectivity index (χ0) is 7.40. The molecule has 10 heavy (non-hydrogen) atoms. The van der Waals surface area contributed by atoms with Crippen LogP contribution in [0.1, 0.15) is 12.8 Å². The van der Waals surface area contributed by atoms with Crippen LogP contribution in [0.15, 0.2) is 23.3 Å². The maximum Gasteiger partial charge on any atom is 0.0209 e. The van der Waals surface area contributed by atoms with Gasteiger partial charge in [0.05, 0.1) is 0 Å². The molecular weight excluding hydrogens is 122 g/mol. The van der Waals surface area contributed by atoms with Crippen LogP contribution in [0.2, 0.25) is 0 Å². The monoisotopic (exact) mass is 131 g/mol. The van der Waals surface area contributed by atoms with Crippen molar-refractivity contribution < 1.29 is 0 Å². The van der Waals surface area contributed by atoms with E-state index in [0.29, 0.717) is 0 Å². The van der Waals surface area contributed by atoms with E-state index in [2.05, 4.69) is 5.92 Å². The Morgan fingerprint density at radius 1 is 1.50 bits per heavy atom. The van der Waals surface area contributed by atoms with Gasteiger partial charge in [-0.05, 0) is 18.4 Å². The normalized spacial score (nSPS) is 16.7. The molecule has 1 N–H and O–H groups in total. The van der Waals surface area contributed by atoms with Gasteiger partial charge in [0.15, 0.2) is 0 Å². The van der Waals surface area contributed by atoms with Crippen LogP contribution in [0.4, 0.5) is 0 Å². The van der Waals surface area contributed by atoms with Crippen molar-refractivity contribution in [3.05, 3.63) is 23.3 Å². The summed E-state index contributed by atoms with van der Waals surface area (Å²) < 4.78 is 0. The molecule has 1 aliphatic carbocycles. The van der Waals surface area contributed by atoms with Gasteiger partial charge >= 0.3 is 0 Å². The van der Waals surface area contributed by atoms with Gasteiger partial charge in [-0.3, -0.25) is 0 Å². The van der Waals surface area contributed by atoms with Crippen LogP contribution in [0.3, 0.4) is 0 Å². The minimum atomic E-state index is 0.914. The molecule has 0 radical (unpaired) electrons. The first-order valence-electron chi connectivity index (χ1n) is 3.23. The molecule has 0 amide bonds. The number of rotatable bonds is 1. The van der Waals surface area contributed by atoms with Gasteiger partial charge in [-0.1, -0.05) is 18.1 Å². The Morgan fingerprint density at radius 3 is 2.70 bits per heavy atom. The predicted molar refractivity (Wildman–Crippen MR) is 43.0 cm³/mol. The molecule has 0 atom stereocenters. The quantitative estimate of drug-likeness (QED) is 0.415. The second-order valence-electron chi connectivity index (χ2n) is 2.22. The highest BCUT2D eigenvalue weighted by Gasteiger charge is 2.00. The predicted octanol–water partition coefficient (Wildman–Crippen LogP) is 1.92. The average Bonchev–Trinajstić information content (AvgIpc) is 2.05. The Bertz CT molecular complexity index is 238. The highest BCUT2D eigenvalue weighted by atomic mass is 14.3. The Hall–Kier alpha value is -1.29. The van der Waals surface area contributed by atoms with E-state index in [4.69, 9.17) is 11.8 Å². The van der Waals surface area contributed by atoms with Crippen LogP contribution in [0.25, 0.3) is 0 Å². The first-order valence-corrected chi connectivity index (χ1v) is 3.23. The van der Waals surface area contributed by atoms with E-state index in [1.165, 1.54) is 6.21 Å². The van der Waals surface area contributed by atoms with E-state index in [1.807, 2.05) is 12.2 Å². The molecule has 0 saturated carbocycles. The molecule has 0 heterocycles. The summed E-state index contributed by atoms with van der Waals surface area (Å²) in [5.41, 5.74) is 2.09. The van der Waals surface area contributed by atoms with Crippen molar-refractivity contribution in [3.63, 3.8) is 0 Å². The van der Waals surface area contributed by atoms with E-state index in [-0.39, 0.29) is 0 Å². The van der Waals surface area contributed by atoms with Crippen molar-refractivity contribution in [2.24, 2.45) is 0 Å². The first kappa shape index (κ1) is 6.82. The lowest BCUT2D eigenvalue weighted by atomic mass is 10.00. The Labute approximate surface area is 61.0 Å². The second-order valence-corrected chi connectivity index (χ2v) is 2.22. The first-order chi connectivity index (χ1) is 4.86. The van der Waals surface area contributed by atoms with Crippen LogP contribution >= 0.6 is 0 Å². The van der Waals surface area contributed by atoms with Crippen molar-refractivity contribution in [2.45, 2.75) is 12.8 Å². The molecule has 0 bridgehead atoms. The van der Waals surface area contributed by atoms with E-state index in [1.54, 1.807) is 0 Å². The van der Waals surface area contributed by atoms with Crippen molar-refractivity contribution >= 4 is 6.21 Å². The molecule has 0 saturated heterocycles. The molecule has 0 aromatic rings. The zero-order valence-corrected chi connectivity index (χ0v) is 5.72. The smallest absolute Gasteiger partial charge is 0.0209 e. The van der Waals surface area contributed by atoms with Gasteiger partial charge in [0, 0.05) is 11.8 Å². The summed E-state index contributed by atoms with van der Waals surface area (Å²) >= 11 is 0. The molecule has 0 fully saturated rings. The fourth-order valence-corrected chi connectivity index (χ4v) is 0.894. The highest BCUT2D eigenvalue weighted by molar-refractivity contribution is 5.77. The minimum Gasteiger partial charge on any atom is -0.308 e. The third-order valence-corrected chi connectivity index (χ3v) is 1.55. The highest BCUT2D eigenvalue weighted by Crippen LogP contribution is 2.15. The Kier molecular flexibility index (Phi) is 2.07. The maximum atomic E-state index is 6.95. The van der Waals surface area contributed by atoms with Crippen molar-refractivity contribution in [1.82, 2.24) is 0 Å². The summed E-state index contributed by atoms with van der Waals surface area (Å²) in [7, 11) is 0. The van der Waals surface area contributed by atoms with E-state index in [0.717, 1.165) is 24.0 Å². The molecule has 50 valence electrons. The lowest BCUT2D eigenvalue weighted by molar-refractivity contribution is 0.974. The van der Waals surface area contributed by atoms with E-state index >= 15 is 0 Å². The lowest BCUT2D eigenvalue weighted by Crippen LogP contribution is -1.91. The average molecular weight is 131 g/mol. The second kappa shape index (κ2) is 3.03. The molecule has 1 rings (SSSR count). The number of allylic oxidation sites excluding steroid dienone is 4. The maximum absolute atomic E-state index is 6.95. The molecule has 1 aliphatic rings. The number of hydrogen-bond donors (Lipinski definition) is 1. The third kappa shape index (κ3) is 1.35. The van der Waals surface area contributed by atoms with Gasteiger partial charge in [0.1, 0.15) is 0 Å². The SMILES string of the molecule is C#CC1=CC=C(C=N)CC1. The third-order valence-electron chi connectivity index (χ3n) is 1.55. The van der Waals surface area contributed by atoms with Crippen molar-refractivity contribution in [1.29, 1.82) is 5.41 Å². The van der Waals surface area contributed by atoms with Crippen molar-refractivity contribution in [3.8, 4) is 12.3 Å². The zero-order valence-electron chi connectivity index (χ0n) is 5.72. The fraction of sp³-hybridized carbons (Fsp3) is 0.222. The Balaban J connectivity index is 2.76. The fourth-order valence-electron chi connectivity index (χ4n) is 0.894. The summed E-state index contributed by atoms with van der Waals surface area (Å²) in [6.45, 7) is 0. The van der Waals surface area contributed by atoms with E-state index < -0.39 is 0 Å². The number of terminal acetylenes is 1. The van der Waals surface area contributed by atoms with Gasteiger partial charge in [0.2, 0.25) is 0 Å². The van der Waals surface area contributed by atoms with Gasteiger partial charge in [-0.15, -0.1) is 6.42 Å². The molecule has 0 unspecified atom stereocenters. The molecule has 1 nitrogen and oxygen atoms in total. The molecule has 0 aliphatic heterocycles. The van der Waals surface area contributed by atoms with Crippen LogP contribution in [0, 0.1) is 17.8 Å². The molecular formula is C9H9N. The largest absolute Gasteiger partial charge is 0.308 e. The standard InChI is InChI=1S/C9H9N/c1-2-8-3-5-9(7-10)6-4-8/h1,3,5,7,10H,4,6H2. The van der Waals surface area contributed by atoms with Gasteiger partial charge in [-0.2, -0.15) is 0 Å². The topological polar surface area (TPSA) is 23.9 Å². The Morgan fingerprint density at radius 2 is 2.30 bits per heavy atom.